The summed E-state index contributed by atoms with van der Waals surface area (Å²) in [4.78, 5) is 0. The Bertz CT molecular complexity index is 391. The van der Waals surface area contributed by atoms with E-state index >= 15 is 0 Å². The number of hydrogen-bond acceptors (Lipinski definition) is 1. The normalized spacial score (nSPS) is 17.8. The molecule has 1 aliphatic carbocycles. The molecule has 1 fully saturated rings. The molecule has 1 unspecified atom stereocenters. The van der Waals surface area contributed by atoms with Gasteiger partial charge >= 0.3 is 0 Å². The third-order valence-electron chi connectivity index (χ3n) is 4.68. The smallest absolute Gasteiger partial charge is 0.0317 e. The minimum atomic E-state index is 0.530. The van der Waals surface area contributed by atoms with Crippen LogP contribution in [0, 0.1) is 11.8 Å². The van der Waals surface area contributed by atoms with Crippen molar-refractivity contribution >= 4 is 0 Å². The first-order valence-electron chi connectivity index (χ1n) is 8.45. The second kappa shape index (κ2) is 7.83. The molecule has 0 radical (unpaired) electrons. The monoisotopic (exact) mass is 273 g/mol. The van der Waals surface area contributed by atoms with Crippen molar-refractivity contribution in [1.29, 1.82) is 0 Å². The Morgan fingerprint density at radius 2 is 1.95 bits per heavy atom. The maximum Gasteiger partial charge on any atom is 0.0317 e. The van der Waals surface area contributed by atoms with Crippen LogP contribution < -0.4 is 5.32 Å². The Labute approximate surface area is 125 Å². The highest BCUT2D eigenvalue weighted by atomic mass is 14.9. The van der Waals surface area contributed by atoms with Crippen LogP contribution in [0.3, 0.4) is 0 Å². The van der Waals surface area contributed by atoms with Gasteiger partial charge in [-0.25, -0.2) is 0 Å². The van der Waals surface area contributed by atoms with E-state index in [1.165, 1.54) is 56.1 Å². The molecule has 1 saturated carbocycles. The lowest BCUT2D eigenvalue weighted by Gasteiger charge is -2.20. The Morgan fingerprint density at radius 1 is 1.20 bits per heavy atom. The SMILES string of the molecule is CNC(CCC1CCCC1)c1cccc(CC(C)C)c1. The van der Waals surface area contributed by atoms with Crippen LogP contribution in [-0.2, 0) is 6.42 Å². The Kier molecular flexibility index (Phi) is 6.09. The van der Waals surface area contributed by atoms with Crippen LogP contribution in [0.1, 0.15) is 69.5 Å². The molecule has 1 heteroatoms. The van der Waals surface area contributed by atoms with E-state index in [0.717, 1.165) is 11.8 Å². The second-order valence-corrected chi connectivity index (χ2v) is 6.91. The Hall–Kier alpha value is -0.820. The van der Waals surface area contributed by atoms with Crippen LogP contribution in [0.25, 0.3) is 0 Å². The third kappa shape index (κ3) is 4.63. The lowest BCUT2D eigenvalue weighted by Crippen LogP contribution is -2.17. The molecular formula is C19H31N. The Morgan fingerprint density at radius 3 is 2.60 bits per heavy atom. The van der Waals surface area contributed by atoms with Crippen LogP contribution in [0.4, 0.5) is 0 Å². The summed E-state index contributed by atoms with van der Waals surface area (Å²) in [5.74, 6) is 1.72. The topological polar surface area (TPSA) is 12.0 Å². The molecule has 0 heterocycles. The van der Waals surface area contributed by atoms with Crippen molar-refractivity contribution in [3.63, 3.8) is 0 Å². The highest BCUT2D eigenvalue weighted by Gasteiger charge is 2.17. The molecule has 0 bridgehead atoms. The fourth-order valence-electron chi connectivity index (χ4n) is 3.59. The Balaban J connectivity index is 1.95. The molecule has 0 spiro atoms. The van der Waals surface area contributed by atoms with Crippen molar-refractivity contribution in [2.24, 2.45) is 11.8 Å². The highest BCUT2D eigenvalue weighted by Crippen LogP contribution is 2.31. The molecule has 1 aromatic rings. The van der Waals surface area contributed by atoms with Gasteiger partial charge in [0.2, 0.25) is 0 Å². The van der Waals surface area contributed by atoms with Gasteiger partial charge in [0.25, 0.3) is 0 Å². The zero-order valence-electron chi connectivity index (χ0n) is 13.5. The minimum absolute atomic E-state index is 0.530. The van der Waals surface area contributed by atoms with E-state index in [-0.39, 0.29) is 0 Å². The van der Waals surface area contributed by atoms with Crippen LogP contribution in [0.15, 0.2) is 24.3 Å². The molecule has 1 nitrogen and oxygen atoms in total. The van der Waals surface area contributed by atoms with Crippen LogP contribution in [0.2, 0.25) is 0 Å². The van der Waals surface area contributed by atoms with Gasteiger partial charge in [0.15, 0.2) is 0 Å². The van der Waals surface area contributed by atoms with Gasteiger partial charge < -0.3 is 5.32 Å². The van der Waals surface area contributed by atoms with Crippen molar-refractivity contribution < 1.29 is 0 Å². The van der Waals surface area contributed by atoms with Crippen molar-refractivity contribution in [1.82, 2.24) is 5.32 Å². The number of hydrogen-bond donors (Lipinski definition) is 1. The van der Waals surface area contributed by atoms with Crippen LogP contribution >= 0.6 is 0 Å². The van der Waals surface area contributed by atoms with Crippen molar-refractivity contribution in [2.45, 2.75) is 64.8 Å². The van der Waals surface area contributed by atoms with Crippen LogP contribution in [0.5, 0.6) is 0 Å². The zero-order chi connectivity index (χ0) is 14.4. The molecule has 1 N–H and O–H groups in total. The van der Waals surface area contributed by atoms with Gasteiger partial charge in [-0.15, -0.1) is 0 Å². The first kappa shape index (κ1) is 15.6. The standard InChI is InChI=1S/C19H31N/c1-15(2)13-17-9-6-10-18(14-17)19(20-3)12-11-16-7-4-5-8-16/h6,9-10,14-16,19-20H,4-5,7-8,11-13H2,1-3H3. The summed E-state index contributed by atoms with van der Waals surface area (Å²) in [6.45, 7) is 4.59. The first-order chi connectivity index (χ1) is 9.69. The fraction of sp³-hybridized carbons (Fsp3) is 0.684. The molecule has 2 rings (SSSR count). The van der Waals surface area contributed by atoms with E-state index < -0.39 is 0 Å². The van der Waals surface area contributed by atoms with Gasteiger partial charge in [-0.1, -0.05) is 63.8 Å². The third-order valence-corrected chi connectivity index (χ3v) is 4.68. The molecule has 0 amide bonds. The molecule has 0 saturated heterocycles. The summed E-state index contributed by atoms with van der Waals surface area (Å²) in [6, 6.07) is 9.73. The van der Waals surface area contributed by atoms with Crippen LogP contribution in [-0.4, -0.2) is 7.05 Å². The van der Waals surface area contributed by atoms with E-state index in [2.05, 4.69) is 50.5 Å². The van der Waals surface area contributed by atoms with Crippen molar-refractivity contribution in [3.8, 4) is 0 Å². The molecule has 0 aliphatic heterocycles. The molecule has 1 atom stereocenters. The number of nitrogens with one attached hydrogen (secondary N) is 1. The molecule has 1 aliphatic rings. The molecule has 1 aromatic carbocycles. The first-order valence-corrected chi connectivity index (χ1v) is 8.45. The van der Waals surface area contributed by atoms with E-state index in [0.29, 0.717) is 6.04 Å². The quantitative estimate of drug-likeness (QED) is 0.727. The van der Waals surface area contributed by atoms with Gasteiger partial charge in [0.1, 0.15) is 0 Å². The molecular weight excluding hydrogens is 242 g/mol. The second-order valence-electron chi connectivity index (χ2n) is 6.91. The number of benzene rings is 1. The maximum atomic E-state index is 3.52. The summed E-state index contributed by atoms with van der Waals surface area (Å²) in [6.07, 6.45) is 9.70. The van der Waals surface area contributed by atoms with Crippen molar-refractivity contribution in [2.75, 3.05) is 7.05 Å². The minimum Gasteiger partial charge on any atom is -0.313 e. The van der Waals surface area contributed by atoms with E-state index in [1.54, 1.807) is 0 Å². The molecule has 112 valence electrons. The lowest BCUT2D eigenvalue weighted by atomic mass is 9.93. The fourth-order valence-corrected chi connectivity index (χ4v) is 3.59. The van der Waals surface area contributed by atoms with E-state index in [9.17, 15) is 0 Å². The summed E-state index contributed by atoms with van der Waals surface area (Å²) in [5.41, 5.74) is 2.96. The lowest BCUT2D eigenvalue weighted by molar-refractivity contribution is 0.427. The van der Waals surface area contributed by atoms with E-state index in [4.69, 9.17) is 0 Å². The van der Waals surface area contributed by atoms with E-state index in [1.807, 2.05) is 0 Å². The van der Waals surface area contributed by atoms with Gasteiger partial charge in [0.05, 0.1) is 0 Å². The van der Waals surface area contributed by atoms with Gasteiger partial charge in [-0.3, -0.25) is 0 Å². The summed E-state index contributed by atoms with van der Waals surface area (Å²) < 4.78 is 0. The van der Waals surface area contributed by atoms with Gasteiger partial charge in [0, 0.05) is 6.04 Å². The molecule has 20 heavy (non-hydrogen) atoms. The summed E-state index contributed by atoms with van der Waals surface area (Å²) in [7, 11) is 2.11. The van der Waals surface area contributed by atoms with Crippen molar-refractivity contribution in [3.05, 3.63) is 35.4 Å². The zero-order valence-corrected chi connectivity index (χ0v) is 13.5. The highest BCUT2D eigenvalue weighted by molar-refractivity contribution is 5.26. The maximum absolute atomic E-state index is 3.52. The predicted molar refractivity (Wildman–Crippen MR) is 88.0 cm³/mol. The number of rotatable bonds is 7. The average molecular weight is 273 g/mol. The predicted octanol–water partition coefficient (Wildman–Crippen LogP) is 5.12. The summed E-state index contributed by atoms with van der Waals surface area (Å²) in [5, 5.41) is 3.52. The largest absolute Gasteiger partial charge is 0.313 e. The van der Waals surface area contributed by atoms with Gasteiger partial charge in [-0.2, -0.15) is 0 Å². The average Bonchev–Trinajstić information content (AvgIpc) is 2.92. The summed E-state index contributed by atoms with van der Waals surface area (Å²) >= 11 is 0. The van der Waals surface area contributed by atoms with Gasteiger partial charge in [-0.05, 0) is 49.3 Å². The molecule has 0 aromatic heterocycles.